The Bertz CT molecular complexity index is 1190. The highest BCUT2D eigenvalue weighted by atomic mass is 32.2. The van der Waals surface area contributed by atoms with Gasteiger partial charge in [0.05, 0.1) is 18.5 Å². The topological polar surface area (TPSA) is 66.5 Å². The standard InChI is InChI=1S/C24H25FN2O3S/c1-4-18-10-7-8-17(2)23(18)26-24(28)19-12-14-21(15-13-19)27(31(3,29)30)16-20-9-5-6-11-22(20)25/h5-15H,4,16H2,1-3H3,(H,26,28). The van der Waals surface area contributed by atoms with E-state index in [1.54, 1.807) is 42.5 Å². The molecule has 0 fully saturated rings. The van der Waals surface area contributed by atoms with Crippen LogP contribution in [0.15, 0.2) is 66.7 Å². The summed E-state index contributed by atoms with van der Waals surface area (Å²) < 4.78 is 39.8. The van der Waals surface area contributed by atoms with Gasteiger partial charge in [0.25, 0.3) is 5.91 Å². The molecule has 3 aromatic carbocycles. The summed E-state index contributed by atoms with van der Waals surface area (Å²) in [5.41, 5.74) is 3.81. The predicted octanol–water partition coefficient (Wildman–Crippen LogP) is 4.92. The molecule has 0 saturated carbocycles. The minimum Gasteiger partial charge on any atom is -0.321 e. The molecule has 3 rings (SSSR count). The first kappa shape index (κ1) is 22.5. The number of hydrogen-bond acceptors (Lipinski definition) is 3. The Morgan fingerprint density at radius 2 is 1.61 bits per heavy atom. The van der Waals surface area contributed by atoms with E-state index in [9.17, 15) is 17.6 Å². The maximum Gasteiger partial charge on any atom is 0.255 e. The van der Waals surface area contributed by atoms with Crippen LogP contribution in [-0.2, 0) is 23.0 Å². The lowest BCUT2D eigenvalue weighted by Gasteiger charge is -2.23. The molecule has 0 aliphatic carbocycles. The van der Waals surface area contributed by atoms with Crippen molar-refractivity contribution in [2.24, 2.45) is 0 Å². The van der Waals surface area contributed by atoms with Crippen LogP contribution in [0.2, 0.25) is 0 Å². The highest BCUT2D eigenvalue weighted by Crippen LogP contribution is 2.24. The summed E-state index contributed by atoms with van der Waals surface area (Å²) in [5, 5.41) is 2.95. The lowest BCUT2D eigenvalue weighted by atomic mass is 10.1. The predicted molar refractivity (Wildman–Crippen MR) is 122 cm³/mol. The number of anilines is 2. The Morgan fingerprint density at radius 1 is 0.968 bits per heavy atom. The molecule has 0 unspecified atom stereocenters. The molecular formula is C24H25FN2O3S. The molecule has 7 heteroatoms. The van der Waals surface area contributed by atoms with Crippen LogP contribution in [0.25, 0.3) is 0 Å². The van der Waals surface area contributed by atoms with Gasteiger partial charge in [0.2, 0.25) is 10.0 Å². The van der Waals surface area contributed by atoms with E-state index in [1.165, 1.54) is 6.07 Å². The third-order valence-electron chi connectivity index (χ3n) is 5.07. The van der Waals surface area contributed by atoms with Crippen molar-refractivity contribution in [3.8, 4) is 0 Å². The number of nitrogens with one attached hydrogen (secondary N) is 1. The fourth-order valence-corrected chi connectivity index (χ4v) is 4.23. The van der Waals surface area contributed by atoms with Crippen molar-refractivity contribution in [3.63, 3.8) is 0 Å². The van der Waals surface area contributed by atoms with Crippen molar-refractivity contribution >= 4 is 27.3 Å². The van der Waals surface area contributed by atoms with Crippen LogP contribution in [0.4, 0.5) is 15.8 Å². The fourth-order valence-electron chi connectivity index (χ4n) is 3.35. The SMILES string of the molecule is CCc1cccc(C)c1NC(=O)c1ccc(N(Cc2ccccc2F)S(C)(=O)=O)cc1. The minimum absolute atomic E-state index is 0.139. The van der Waals surface area contributed by atoms with E-state index in [0.717, 1.165) is 33.8 Å². The molecule has 0 radical (unpaired) electrons. The molecule has 3 aromatic rings. The largest absolute Gasteiger partial charge is 0.321 e. The van der Waals surface area contributed by atoms with E-state index < -0.39 is 15.8 Å². The van der Waals surface area contributed by atoms with Gasteiger partial charge < -0.3 is 5.32 Å². The number of aryl methyl sites for hydroxylation is 2. The Kier molecular flexibility index (Phi) is 6.75. The molecule has 5 nitrogen and oxygen atoms in total. The number of amides is 1. The van der Waals surface area contributed by atoms with Gasteiger partial charge in [-0.2, -0.15) is 0 Å². The maximum absolute atomic E-state index is 14.1. The Labute approximate surface area is 182 Å². The fraction of sp³-hybridized carbons (Fsp3) is 0.208. The van der Waals surface area contributed by atoms with Gasteiger partial charge in [-0.05, 0) is 54.8 Å². The van der Waals surface area contributed by atoms with Gasteiger partial charge in [-0.25, -0.2) is 12.8 Å². The van der Waals surface area contributed by atoms with Gasteiger partial charge in [0.15, 0.2) is 0 Å². The van der Waals surface area contributed by atoms with Crippen molar-refractivity contribution in [2.45, 2.75) is 26.8 Å². The molecule has 0 aromatic heterocycles. The first-order chi connectivity index (χ1) is 14.7. The second-order valence-corrected chi connectivity index (χ2v) is 9.23. The number of sulfonamides is 1. The van der Waals surface area contributed by atoms with Crippen LogP contribution >= 0.6 is 0 Å². The van der Waals surface area contributed by atoms with Gasteiger partial charge >= 0.3 is 0 Å². The van der Waals surface area contributed by atoms with E-state index in [0.29, 0.717) is 11.3 Å². The van der Waals surface area contributed by atoms with Gasteiger partial charge in [0, 0.05) is 16.8 Å². The summed E-state index contributed by atoms with van der Waals surface area (Å²) >= 11 is 0. The molecule has 162 valence electrons. The van der Waals surface area contributed by atoms with E-state index in [1.807, 2.05) is 32.0 Å². The van der Waals surface area contributed by atoms with Crippen LogP contribution < -0.4 is 9.62 Å². The highest BCUT2D eigenvalue weighted by molar-refractivity contribution is 7.92. The molecule has 0 bridgehead atoms. The molecule has 1 amide bonds. The van der Waals surface area contributed by atoms with Crippen LogP contribution in [0.3, 0.4) is 0 Å². The number of hydrogen-bond donors (Lipinski definition) is 1. The lowest BCUT2D eigenvalue weighted by Crippen LogP contribution is -2.29. The summed E-state index contributed by atoms with van der Waals surface area (Å²) in [6.45, 7) is 3.82. The zero-order valence-corrected chi connectivity index (χ0v) is 18.5. The summed E-state index contributed by atoms with van der Waals surface area (Å²) in [6, 6.07) is 18.1. The number of nitrogens with zero attached hydrogens (tertiary/aromatic N) is 1. The van der Waals surface area contributed by atoms with Crippen LogP contribution in [-0.4, -0.2) is 20.6 Å². The number of para-hydroxylation sites is 1. The van der Waals surface area contributed by atoms with E-state index >= 15 is 0 Å². The van der Waals surface area contributed by atoms with Crippen LogP contribution in [0, 0.1) is 12.7 Å². The van der Waals surface area contributed by atoms with Crippen LogP contribution in [0.1, 0.15) is 34.0 Å². The smallest absolute Gasteiger partial charge is 0.255 e. The zero-order chi connectivity index (χ0) is 22.6. The minimum atomic E-state index is -3.66. The number of benzene rings is 3. The molecule has 1 N–H and O–H groups in total. The number of carbonyl (C=O) groups is 1. The van der Waals surface area contributed by atoms with Crippen molar-refractivity contribution in [3.05, 3.63) is 94.8 Å². The van der Waals surface area contributed by atoms with Crippen molar-refractivity contribution < 1.29 is 17.6 Å². The third-order valence-corrected chi connectivity index (χ3v) is 6.21. The number of halogens is 1. The number of carbonyl (C=O) groups excluding carboxylic acids is 1. The average molecular weight is 441 g/mol. The normalized spacial score (nSPS) is 11.2. The molecular weight excluding hydrogens is 415 g/mol. The Morgan fingerprint density at radius 3 is 2.23 bits per heavy atom. The molecule has 0 atom stereocenters. The first-order valence-corrected chi connectivity index (χ1v) is 11.8. The highest BCUT2D eigenvalue weighted by Gasteiger charge is 2.20. The monoisotopic (exact) mass is 440 g/mol. The van der Waals surface area contributed by atoms with Gasteiger partial charge in [0.1, 0.15) is 5.82 Å². The van der Waals surface area contributed by atoms with Crippen molar-refractivity contribution in [1.82, 2.24) is 0 Å². The zero-order valence-electron chi connectivity index (χ0n) is 17.7. The van der Waals surface area contributed by atoms with Gasteiger partial charge in [-0.15, -0.1) is 0 Å². The molecule has 31 heavy (non-hydrogen) atoms. The lowest BCUT2D eigenvalue weighted by molar-refractivity contribution is 0.102. The first-order valence-electron chi connectivity index (χ1n) is 9.91. The van der Waals surface area contributed by atoms with E-state index in [4.69, 9.17) is 0 Å². The molecule has 0 aliphatic heterocycles. The Balaban J connectivity index is 1.85. The summed E-state index contributed by atoms with van der Waals surface area (Å²) in [7, 11) is -3.66. The van der Waals surface area contributed by atoms with Gasteiger partial charge in [-0.3, -0.25) is 9.10 Å². The Hall–Kier alpha value is -3.19. The average Bonchev–Trinajstić information content (AvgIpc) is 2.74. The summed E-state index contributed by atoms with van der Waals surface area (Å²) in [5.74, 6) is -0.757. The van der Waals surface area contributed by atoms with E-state index in [2.05, 4.69) is 5.32 Å². The molecule has 0 heterocycles. The molecule has 0 aliphatic rings. The molecule has 0 spiro atoms. The van der Waals surface area contributed by atoms with Gasteiger partial charge in [-0.1, -0.05) is 43.3 Å². The number of rotatable bonds is 7. The molecule has 0 saturated heterocycles. The summed E-state index contributed by atoms with van der Waals surface area (Å²) in [6.07, 6.45) is 1.86. The van der Waals surface area contributed by atoms with Crippen molar-refractivity contribution in [2.75, 3.05) is 15.9 Å². The summed E-state index contributed by atoms with van der Waals surface area (Å²) in [4.78, 5) is 12.8. The van der Waals surface area contributed by atoms with E-state index in [-0.39, 0.29) is 18.0 Å². The quantitative estimate of drug-likeness (QED) is 0.567. The second-order valence-electron chi connectivity index (χ2n) is 7.32. The van der Waals surface area contributed by atoms with Crippen molar-refractivity contribution in [1.29, 1.82) is 0 Å². The maximum atomic E-state index is 14.1. The third kappa shape index (κ3) is 5.30. The second kappa shape index (κ2) is 9.31. The van der Waals surface area contributed by atoms with Crippen LogP contribution in [0.5, 0.6) is 0 Å².